The van der Waals surface area contributed by atoms with Gasteiger partial charge in [0, 0.05) is 11.5 Å². The zero-order valence-electron chi connectivity index (χ0n) is 7.57. The van der Waals surface area contributed by atoms with Gasteiger partial charge in [0.25, 0.3) is 0 Å². The number of esters is 1. The number of benzene rings is 1. The highest BCUT2D eigenvalue weighted by atomic mass is 16.5. The van der Waals surface area contributed by atoms with Gasteiger partial charge in [-0.3, -0.25) is 0 Å². The minimum Gasteiger partial charge on any atom is -0.465 e. The minimum atomic E-state index is -0.384. The molecule has 0 aliphatic carbocycles. The van der Waals surface area contributed by atoms with Gasteiger partial charge in [0.05, 0.1) is 12.7 Å². The average Bonchev–Trinajstić information content (AvgIpc) is 2.26. The molecule has 3 heteroatoms. The van der Waals surface area contributed by atoms with E-state index in [0.29, 0.717) is 11.1 Å². The number of hydrogen-bond donors (Lipinski definition) is 0. The van der Waals surface area contributed by atoms with Crippen molar-refractivity contribution in [2.45, 2.75) is 0 Å². The molecule has 14 heavy (non-hydrogen) atoms. The van der Waals surface area contributed by atoms with E-state index in [1.54, 1.807) is 30.3 Å². The molecule has 1 aromatic rings. The van der Waals surface area contributed by atoms with Gasteiger partial charge >= 0.3 is 5.97 Å². The topological polar surface area (TPSA) is 50.1 Å². The molecule has 0 amide bonds. The highest BCUT2D eigenvalue weighted by Gasteiger charge is 2.02. The van der Waals surface area contributed by atoms with Gasteiger partial charge in [0.1, 0.15) is 0 Å². The van der Waals surface area contributed by atoms with Crippen LogP contribution in [-0.2, 0) is 4.74 Å². The lowest BCUT2D eigenvalue weighted by molar-refractivity contribution is 0.0601. The van der Waals surface area contributed by atoms with Crippen molar-refractivity contribution in [2.24, 2.45) is 0 Å². The molecule has 0 radical (unpaired) electrons. The van der Waals surface area contributed by atoms with Crippen molar-refractivity contribution in [1.29, 1.82) is 5.26 Å². The standard InChI is InChI=1S/C11H7NO2/c1-14-11(13)10-6-4-9(5-7-10)3-2-8-12/h4-7H,1H3. The second-order valence-electron chi connectivity index (χ2n) is 2.43. The van der Waals surface area contributed by atoms with Gasteiger partial charge in [-0.05, 0) is 24.3 Å². The number of rotatable bonds is 1. The van der Waals surface area contributed by atoms with Crippen molar-refractivity contribution in [2.75, 3.05) is 7.11 Å². The predicted molar refractivity (Wildman–Crippen MR) is 50.3 cm³/mol. The maximum atomic E-state index is 11.0. The summed E-state index contributed by atoms with van der Waals surface area (Å²) in [5.74, 6) is 4.50. The summed E-state index contributed by atoms with van der Waals surface area (Å²) in [6, 6.07) is 8.25. The first-order chi connectivity index (χ1) is 6.77. The Morgan fingerprint density at radius 2 is 2.00 bits per heavy atom. The summed E-state index contributed by atoms with van der Waals surface area (Å²) in [4.78, 5) is 11.0. The molecular formula is C11H7NO2. The fourth-order valence-corrected chi connectivity index (χ4v) is 0.908. The minimum absolute atomic E-state index is 0.384. The molecule has 0 N–H and O–H groups in total. The van der Waals surface area contributed by atoms with Crippen LogP contribution in [0.3, 0.4) is 0 Å². The molecular weight excluding hydrogens is 178 g/mol. The van der Waals surface area contributed by atoms with Crippen LogP contribution < -0.4 is 0 Å². The second-order valence-corrected chi connectivity index (χ2v) is 2.43. The molecule has 0 saturated heterocycles. The number of hydrogen-bond acceptors (Lipinski definition) is 3. The van der Waals surface area contributed by atoms with Crippen LogP contribution >= 0.6 is 0 Å². The summed E-state index contributed by atoms with van der Waals surface area (Å²) in [5.41, 5.74) is 1.16. The Morgan fingerprint density at radius 1 is 1.36 bits per heavy atom. The average molecular weight is 185 g/mol. The summed E-state index contributed by atoms with van der Waals surface area (Å²) >= 11 is 0. The van der Waals surface area contributed by atoms with Crippen LogP contribution in [0.25, 0.3) is 0 Å². The van der Waals surface area contributed by atoms with Crippen LogP contribution in [0.5, 0.6) is 0 Å². The molecule has 0 atom stereocenters. The van der Waals surface area contributed by atoms with E-state index in [1.165, 1.54) is 7.11 Å². The lowest BCUT2D eigenvalue weighted by Gasteiger charge is -1.97. The molecule has 0 aliphatic heterocycles. The number of carbonyl (C=O) groups is 1. The van der Waals surface area contributed by atoms with E-state index >= 15 is 0 Å². The van der Waals surface area contributed by atoms with Crippen molar-refractivity contribution >= 4 is 5.97 Å². The van der Waals surface area contributed by atoms with E-state index in [-0.39, 0.29) is 5.97 Å². The Morgan fingerprint density at radius 3 is 2.50 bits per heavy atom. The fourth-order valence-electron chi connectivity index (χ4n) is 0.908. The predicted octanol–water partition coefficient (Wildman–Crippen LogP) is 1.35. The third-order valence-corrected chi connectivity index (χ3v) is 1.57. The Bertz CT molecular complexity index is 429. The fraction of sp³-hybridized carbons (Fsp3) is 0.0909. The molecule has 1 aromatic carbocycles. The molecule has 0 bridgehead atoms. The zero-order chi connectivity index (χ0) is 10.4. The van der Waals surface area contributed by atoms with Crippen molar-refractivity contribution < 1.29 is 9.53 Å². The monoisotopic (exact) mass is 185 g/mol. The smallest absolute Gasteiger partial charge is 0.337 e. The van der Waals surface area contributed by atoms with Gasteiger partial charge in [-0.2, -0.15) is 5.26 Å². The SMILES string of the molecule is COC(=O)c1ccc(C#CC#N)cc1. The lowest BCUT2D eigenvalue weighted by Crippen LogP contribution is -2.00. The summed E-state index contributed by atoms with van der Waals surface area (Å²) in [6.45, 7) is 0. The van der Waals surface area contributed by atoms with Crippen LogP contribution in [0.4, 0.5) is 0 Å². The summed E-state index contributed by atoms with van der Waals surface area (Å²) in [7, 11) is 1.33. The van der Waals surface area contributed by atoms with E-state index < -0.39 is 0 Å². The third-order valence-electron chi connectivity index (χ3n) is 1.57. The first kappa shape index (κ1) is 9.83. The maximum absolute atomic E-state index is 11.0. The molecule has 1 rings (SSSR count). The molecule has 0 spiro atoms. The third kappa shape index (κ3) is 2.36. The Kier molecular flexibility index (Phi) is 3.29. The highest BCUT2D eigenvalue weighted by molar-refractivity contribution is 5.89. The highest BCUT2D eigenvalue weighted by Crippen LogP contribution is 2.04. The Labute approximate surface area is 81.9 Å². The molecule has 3 nitrogen and oxygen atoms in total. The van der Waals surface area contributed by atoms with Crippen LogP contribution in [-0.4, -0.2) is 13.1 Å². The molecule has 68 valence electrons. The quantitative estimate of drug-likeness (QED) is 0.490. The Hall–Kier alpha value is -2.26. The normalized spacial score (nSPS) is 8.00. The van der Waals surface area contributed by atoms with E-state index in [2.05, 4.69) is 16.6 Å². The Balaban J connectivity index is 2.90. The van der Waals surface area contributed by atoms with Crippen molar-refractivity contribution in [1.82, 2.24) is 0 Å². The summed E-state index contributed by atoms with van der Waals surface area (Å²) in [6.07, 6.45) is 0. The number of carbonyl (C=O) groups excluding carboxylic acids is 1. The van der Waals surface area contributed by atoms with Gasteiger partial charge in [-0.25, -0.2) is 4.79 Å². The molecule has 0 saturated carbocycles. The lowest BCUT2D eigenvalue weighted by atomic mass is 10.1. The van der Waals surface area contributed by atoms with Crippen molar-refractivity contribution in [3.8, 4) is 17.9 Å². The van der Waals surface area contributed by atoms with Crippen LogP contribution in [0.15, 0.2) is 24.3 Å². The molecule has 0 aliphatic rings. The first-order valence-electron chi connectivity index (χ1n) is 3.86. The van der Waals surface area contributed by atoms with Gasteiger partial charge in [0.15, 0.2) is 6.07 Å². The van der Waals surface area contributed by atoms with Gasteiger partial charge in [-0.15, -0.1) is 0 Å². The van der Waals surface area contributed by atoms with Gasteiger partial charge in [-0.1, -0.05) is 5.92 Å². The number of ether oxygens (including phenoxy) is 1. The largest absolute Gasteiger partial charge is 0.465 e. The van der Waals surface area contributed by atoms with Crippen LogP contribution in [0.2, 0.25) is 0 Å². The number of nitriles is 1. The van der Waals surface area contributed by atoms with Gasteiger partial charge < -0.3 is 4.74 Å². The van der Waals surface area contributed by atoms with Crippen LogP contribution in [0.1, 0.15) is 15.9 Å². The second kappa shape index (κ2) is 4.69. The van der Waals surface area contributed by atoms with E-state index in [4.69, 9.17) is 5.26 Å². The number of methoxy groups -OCH3 is 1. The zero-order valence-corrected chi connectivity index (χ0v) is 7.57. The van der Waals surface area contributed by atoms with E-state index in [9.17, 15) is 4.79 Å². The van der Waals surface area contributed by atoms with Crippen molar-refractivity contribution in [3.05, 3.63) is 35.4 Å². The number of nitrogens with zero attached hydrogens (tertiary/aromatic N) is 1. The summed E-state index contributed by atoms with van der Waals surface area (Å²) < 4.78 is 4.53. The van der Waals surface area contributed by atoms with Gasteiger partial charge in [0.2, 0.25) is 0 Å². The first-order valence-corrected chi connectivity index (χ1v) is 3.86. The van der Waals surface area contributed by atoms with Crippen LogP contribution in [0, 0.1) is 23.2 Å². The molecule has 0 aromatic heterocycles. The van der Waals surface area contributed by atoms with E-state index in [0.717, 1.165) is 0 Å². The maximum Gasteiger partial charge on any atom is 0.337 e. The molecule has 0 heterocycles. The van der Waals surface area contributed by atoms with Crippen molar-refractivity contribution in [3.63, 3.8) is 0 Å². The molecule has 0 unspecified atom stereocenters. The molecule has 0 fully saturated rings. The van der Waals surface area contributed by atoms with E-state index in [1.807, 2.05) is 0 Å². The summed E-state index contributed by atoms with van der Waals surface area (Å²) in [5, 5.41) is 8.21.